The lowest BCUT2D eigenvalue weighted by Gasteiger charge is -2.43. The Morgan fingerprint density at radius 3 is 2.52 bits per heavy atom. The van der Waals surface area contributed by atoms with Crippen molar-refractivity contribution in [3.05, 3.63) is 35.4 Å². The topological polar surface area (TPSA) is 104 Å². The molecule has 4 rings (SSSR count). The number of hydrogen-bond donors (Lipinski definition) is 2. The minimum absolute atomic E-state index is 0.134. The molecule has 4 unspecified atom stereocenters. The quantitative estimate of drug-likeness (QED) is 0.804. The zero-order valence-corrected chi connectivity index (χ0v) is 15.4. The van der Waals surface area contributed by atoms with Gasteiger partial charge in [0.25, 0.3) is 0 Å². The third-order valence-electron chi connectivity index (χ3n) is 6.59. The smallest absolute Gasteiger partial charge is 0.308 e. The van der Waals surface area contributed by atoms with E-state index in [1.165, 1.54) is 5.56 Å². The van der Waals surface area contributed by atoms with E-state index in [4.69, 9.17) is 5.73 Å². The number of carbonyl (C=O) groups is 3. The number of hydrogen-bond acceptors (Lipinski definition) is 4. The van der Waals surface area contributed by atoms with E-state index in [-0.39, 0.29) is 23.1 Å². The zero-order valence-electron chi connectivity index (χ0n) is 15.4. The Balaban J connectivity index is 1.55. The molecular formula is C20H25N3O4. The summed E-state index contributed by atoms with van der Waals surface area (Å²) in [5, 5.41) is 9.80. The summed E-state index contributed by atoms with van der Waals surface area (Å²) in [7, 11) is 1.79. The molecule has 144 valence electrons. The molecule has 2 amide bonds. The van der Waals surface area contributed by atoms with Gasteiger partial charge in [-0.2, -0.15) is 0 Å². The molecule has 2 fully saturated rings. The number of nitrogens with two attached hydrogens (primary N) is 1. The van der Waals surface area contributed by atoms with Gasteiger partial charge in [0.1, 0.15) is 6.04 Å². The molecule has 2 aliphatic heterocycles. The summed E-state index contributed by atoms with van der Waals surface area (Å²) in [5.74, 6) is -2.58. The Morgan fingerprint density at radius 1 is 1.19 bits per heavy atom. The number of primary amides is 1. The summed E-state index contributed by atoms with van der Waals surface area (Å²) in [5.41, 5.74) is 7.43. The second-order valence-electron chi connectivity index (χ2n) is 8.31. The molecule has 27 heavy (non-hydrogen) atoms. The first-order chi connectivity index (χ1) is 12.8. The van der Waals surface area contributed by atoms with E-state index < -0.39 is 17.9 Å². The highest BCUT2D eigenvalue weighted by Crippen LogP contribution is 2.59. The van der Waals surface area contributed by atoms with Crippen LogP contribution >= 0.6 is 0 Å². The third-order valence-corrected chi connectivity index (χ3v) is 6.59. The number of fused-ring (bicyclic) bond motifs is 1. The standard InChI is InChI=1S/C20H25N3O4/c1-22-11-20(9-15(20)17(21)24)8-14(19(26)27)16(22)18(25)23-7-6-12-4-2-3-5-13(12)10-23/h2-5,14-16H,6-11H2,1H3,(H2,21,24)(H,26,27). The minimum Gasteiger partial charge on any atom is -0.481 e. The van der Waals surface area contributed by atoms with Crippen LogP contribution in [0.1, 0.15) is 24.0 Å². The fourth-order valence-corrected chi connectivity index (χ4v) is 5.12. The second-order valence-corrected chi connectivity index (χ2v) is 8.31. The number of nitrogens with zero attached hydrogens (tertiary/aromatic N) is 2. The zero-order chi connectivity index (χ0) is 19.3. The molecule has 1 aromatic carbocycles. The second kappa shape index (κ2) is 6.34. The predicted molar refractivity (Wildman–Crippen MR) is 97.5 cm³/mol. The third kappa shape index (κ3) is 3.00. The fraction of sp³-hybridized carbons (Fsp3) is 0.550. The van der Waals surface area contributed by atoms with Crippen molar-refractivity contribution < 1.29 is 19.5 Å². The Morgan fingerprint density at radius 2 is 1.89 bits per heavy atom. The number of carboxylic acids is 1. The number of piperidine rings is 1. The number of likely N-dealkylation sites (N-methyl/N-ethyl adjacent to an activating group) is 1. The van der Waals surface area contributed by atoms with E-state index in [9.17, 15) is 19.5 Å². The molecular weight excluding hydrogens is 346 g/mol. The lowest BCUT2D eigenvalue weighted by atomic mass is 9.79. The highest BCUT2D eigenvalue weighted by atomic mass is 16.4. The number of likely N-dealkylation sites (tertiary alicyclic amines) is 1. The van der Waals surface area contributed by atoms with Crippen LogP contribution in [0.2, 0.25) is 0 Å². The van der Waals surface area contributed by atoms with Gasteiger partial charge in [0, 0.05) is 25.6 Å². The SMILES string of the molecule is CN1CC2(CC(C(=O)O)C1C(=O)N1CCc3ccccc3C1)CC2C(N)=O. The Bertz CT molecular complexity index is 810. The van der Waals surface area contributed by atoms with Crippen molar-refractivity contribution in [1.29, 1.82) is 0 Å². The van der Waals surface area contributed by atoms with Crippen molar-refractivity contribution in [2.24, 2.45) is 23.0 Å². The van der Waals surface area contributed by atoms with Crippen LogP contribution in [0.25, 0.3) is 0 Å². The van der Waals surface area contributed by atoms with E-state index in [0.29, 0.717) is 32.5 Å². The van der Waals surface area contributed by atoms with E-state index in [1.54, 1.807) is 11.9 Å². The number of rotatable bonds is 3. The average molecular weight is 371 g/mol. The van der Waals surface area contributed by atoms with Crippen LogP contribution < -0.4 is 5.73 Å². The van der Waals surface area contributed by atoms with Gasteiger partial charge in [-0.3, -0.25) is 19.3 Å². The molecule has 1 saturated heterocycles. The van der Waals surface area contributed by atoms with Crippen molar-refractivity contribution in [3.8, 4) is 0 Å². The number of amides is 2. The highest BCUT2D eigenvalue weighted by Gasteiger charge is 2.63. The summed E-state index contributed by atoms with van der Waals surface area (Å²) in [6.07, 6.45) is 1.74. The van der Waals surface area contributed by atoms with Gasteiger partial charge >= 0.3 is 5.97 Å². The Labute approximate surface area is 158 Å². The van der Waals surface area contributed by atoms with Crippen LogP contribution in [-0.4, -0.2) is 58.9 Å². The molecule has 3 N–H and O–H groups in total. The van der Waals surface area contributed by atoms with Gasteiger partial charge in [0.2, 0.25) is 11.8 Å². The number of carboxylic acid groups (broad SMARTS) is 1. The molecule has 1 aromatic rings. The Kier molecular flexibility index (Phi) is 4.22. The lowest BCUT2D eigenvalue weighted by molar-refractivity contribution is -0.156. The van der Waals surface area contributed by atoms with Crippen LogP contribution in [-0.2, 0) is 27.3 Å². The summed E-state index contributed by atoms with van der Waals surface area (Å²) >= 11 is 0. The molecule has 7 nitrogen and oxygen atoms in total. The first kappa shape index (κ1) is 18.0. The van der Waals surface area contributed by atoms with E-state index in [2.05, 4.69) is 6.07 Å². The van der Waals surface area contributed by atoms with Gasteiger partial charge in [-0.1, -0.05) is 24.3 Å². The first-order valence-corrected chi connectivity index (χ1v) is 9.40. The molecule has 0 aromatic heterocycles. The molecule has 4 atom stereocenters. The predicted octanol–water partition coefficient (Wildman–Crippen LogP) is 0.468. The van der Waals surface area contributed by atoms with Crippen molar-refractivity contribution in [2.75, 3.05) is 20.1 Å². The van der Waals surface area contributed by atoms with Crippen LogP contribution in [0.15, 0.2) is 24.3 Å². The van der Waals surface area contributed by atoms with Crippen LogP contribution in [0.4, 0.5) is 0 Å². The fourth-order valence-electron chi connectivity index (χ4n) is 5.12. The first-order valence-electron chi connectivity index (χ1n) is 9.40. The lowest BCUT2D eigenvalue weighted by Crippen LogP contribution is -2.58. The summed E-state index contributed by atoms with van der Waals surface area (Å²) in [4.78, 5) is 40.4. The summed E-state index contributed by atoms with van der Waals surface area (Å²) < 4.78 is 0. The van der Waals surface area contributed by atoms with Crippen LogP contribution in [0.3, 0.4) is 0 Å². The van der Waals surface area contributed by atoms with Crippen LogP contribution in [0.5, 0.6) is 0 Å². The molecule has 1 saturated carbocycles. The number of benzene rings is 1. The van der Waals surface area contributed by atoms with Gasteiger partial charge in [-0.05, 0) is 42.9 Å². The molecule has 0 radical (unpaired) electrons. The maximum Gasteiger partial charge on any atom is 0.308 e. The Hall–Kier alpha value is -2.41. The highest BCUT2D eigenvalue weighted by molar-refractivity contribution is 5.89. The van der Waals surface area contributed by atoms with Crippen molar-refractivity contribution >= 4 is 17.8 Å². The summed E-state index contributed by atoms with van der Waals surface area (Å²) in [6.45, 7) is 1.65. The van der Waals surface area contributed by atoms with Crippen LogP contribution in [0, 0.1) is 17.3 Å². The van der Waals surface area contributed by atoms with Crippen molar-refractivity contribution in [3.63, 3.8) is 0 Å². The average Bonchev–Trinajstić information content (AvgIpc) is 3.33. The van der Waals surface area contributed by atoms with Crippen molar-refractivity contribution in [2.45, 2.75) is 31.8 Å². The number of aliphatic carboxylic acids is 1. The van der Waals surface area contributed by atoms with E-state index >= 15 is 0 Å². The number of carbonyl (C=O) groups excluding carboxylic acids is 2. The van der Waals surface area contributed by atoms with Gasteiger partial charge in [0.15, 0.2) is 0 Å². The van der Waals surface area contributed by atoms with Gasteiger partial charge in [-0.15, -0.1) is 0 Å². The maximum atomic E-state index is 13.3. The van der Waals surface area contributed by atoms with Gasteiger partial charge in [0.05, 0.1) is 5.92 Å². The molecule has 3 aliphatic rings. The van der Waals surface area contributed by atoms with Gasteiger partial charge < -0.3 is 15.7 Å². The maximum absolute atomic E-state index is 13.3. The molecule has 1 aliphatic carbocycles. The monoisotopic (exact) mass is 371 g/mol. The van der Waals surface area contributed by atoms with Gasteiger partial charge in [-0.25, -0.2) is 0 Å². The molecule has 0 bridgehead atoms. The summed E-state index contributed by atoms with van der Waals surface area (Å²) in [6, 6.07) is 7.35. The normalized spacial score (nSPS) is 32.8. The minimum atomic E-state index is -0.980. The molecule has 2 heterocycles. The van der Waals surface area contributed by atoms with E-state index in [0.717, 1.165) is 12.0 Å². The molecule has 7 heteroatoms. The largest absolute Gasteiger partial charge is 0.481 e. The molecule has 1 spiro atoms. The van der Waals surface area contributed by atoms with Crippen molar-refractivity contribution in [1.82, 2.24) is 9.80 Å². The van der Waals surface area contributed by atoms with E-state index in [1.807, 2.05) is 23.1 Å².